The van der Waals surface area contributed by atoms with Crippen molar-refractivity contribution in [3.8, 4) is 0 Å². The van der Waals surface area contributed by atoms with Crippen LogP contribution in [-0.2, 0) is 4.74 Å². The van der Waals surface area contributed by atoms with Crippen LogP contribution in [0.2, 0.25) is 5.02 Å². The zero-order valence-electron chi connectivity index (χ0n) is 12.4. The summed E-state index contributed by atoms with van der Waals surface area (Å²) in [6.07, 6.45) is 1.66. The molecule has 120 valence electrons. The molecule has 2 aromatic rings. The lowest BCUT2D eigenvalue weighted by Crippen LogP contribution is -2.35. The normalized spacial score (nSPS) is 15.1. The first kappa shape index (κ1) is 16.0. The van der Waals surface area contributed by atoms with Crippen molar-refractivity contribution in [2.45, 2.75) is 0 Å². The molecule has 1 amide bonds. The highest BCUT2D eigenvalue weighted by atomic mass is 35.5. The summed E-state index contributed by atoms with van der Waals surface area (Å²) in [6.45, 7) is 3.34. The first-order chi connectivity index (χ1) is 11.2. The lowest BCUT2D eigenvalue weighted by molar-refractivity contribution is 0.0955. The second-order valence-electron chi connectivity index (χ2n) is 4.98. The predicted molar refractivity (Wildman–Crippen MR) is 93.9 cm³/mol. The van der Waals surface area contributed by atoms with Gasteiger partial charge >= 0.3 is 0 Å². The van der Waals surface area contributed by atoms with Gasteiger partial charge in [0.25, 0.3) is 5.91 Å². The summed E-state index contributed by atoms with van der Waals surface area (Å²) >= 11 is 7.44. The van der Waals surface area contributed by atoms with E-state index in [0.29, 0.717) is 10.6 Å². The van der Waals surface area contributed by atoms with E-state index in [0.717, 1.165) is 31.2 Å². The van der Waals surface area contributed by atoms with Crippen molar-refractivity contribution >= 4 is 40.1 Å². The molecule has 0 saturated carbocycles. The molecule has 0 aliphatic carbocycles. The fourth-order valence-electron chi connectivity index (χ4n) is 2.19. The molecule has 3 rings (SSSR count). The highest BCUT2D eigenvalue weighted by Gasteiger charge is 2.12. The number of morpholine rings is 1. The van der Waals surface area contributed by atoms with Gasteiger partial charge in [-0.15, -0.1) is 11.3 Å². The largest absolute Gasteiger partial charge is 0.378 e. The molecule has 1 aliphatic heterocycles. The van der Waals surface area contributed by atoms with Gasteiger partial charge in [0.1, 0.15) is 0 Å². The molecule has 1 aromatic heterocycles. The number of carbonyl (C=O) groups is 1. The molecule has 7 heteroatoms. The number of nitrogens with one attached hydrogen (secondary N) is 1. The molecule has 1 fully saturated rings. The van der Waals surface area contributed by atoms with Gasteiger partial charge in [-0.1, -0.05) is 11.6 Å². The van der Waals surface area contributed by atoms with E-state index in [1.54, 1.807) is 41.8 Å². The maximum atomic E-state index is 11.9. The van der Waals surface area contributed by atoms with E-state index in [4.69, 9.17) is 16.3 Å². The van der Waals surface area contributed by atoms with Crippen molar-refractivity contribution in [1.29, 1.82) is 0 Å². The molecule has 1 aliphatic rings. The third-order valence-electron chi connectivity index (χ3n) is 3.40. The molecule has 0 unspecified atom stereocenters. The molecular formula is C16H16ClN3O2S. The number of benzene rings is 1. The molecule has 2 heterocycles. The van der Waals surface area contributed by atoms with Gasteiger partial charge < -0.3 is 9.64 Å². The number of carbonyl (C=O) groups excluding carboxylic acids is 1. The van der Waals surface area contributed by atoms with Crippen molar-refractivity contribution in [1.82, 2.24) is 5.43 Å². The maximum absolute atomic E-state index is 11.9. The van der Waals surface area contributed by atoms with E-state index in [2.05, 4.69) is 21.5 Å². The number of ether oxygens (including phenoxy) is 1. The van der Waals surface area contributed by atoms with E-state index in [1.165, 1.54) is 5.00 Å². The van der Waals surface area contributed by atoms with Gasteiger partial charge in [0, 0.05) is 28.6 Å². The Morgan fingerprint density at radius 2 is 1.96 bits per heavy atom. The summed E-state index contributed by atoms with van der Waals surface area (Å²) in [5, 5.41) is 5.80. The minimum Gasteiger partial charge on any atom is -0.378 e. The summed E-state index contributed by atoms with van der Waals surface area (Å²) in [5.41, 5.74) is 3.04. The van der Waals surface area contributed by atoms with Crippen LogP contribution in [0.15, 0.2) is 41.5 Å². The number of thiophene rings is 1. The Hall–Kier alpha value is -1.89. The van der Waals surface area contributed by atoms with E-state index in [-0.39, 0.29) is 5.91 Å². The Morgan fingerprint density at radius 1 is 1.22 bits per heavy atom. The number of halogens is 1. The number of amides is 1. The Balaban J connectivity index is 1.56. The van der Waals surface area contributed by atoms with Gasteiger partial charge in [-0.2, -0.15) is 5.10 Å². The predicted octanol–water partition coefficient (Wildman–Crippen LogP) is 3.00. The van der Waals surface area contributed by atoms with Crippen LogP contribution in [0.5, 0.6) is 0 Å². The molecule has 0 spiro atoms. The Morgan fingerprint density at radius 3 is 2.70 bits per heavy atom. The van der Waals surface area contributed by atoms with Gasteiger partial charge in [0.2, 0.25) is 0 Å². The molecule has 5 nitrogen and oxygen atoms in total. The second kappa shape index (κ2) is 7.59. The zero-order valence-corrected chi connectivity index (χ0v) is 13.9. The molecule has 0 radical (unpaired) electrons. The lowest BCUT2D eigenvalue weighted by Gasteiger charge is -2.27. The fourth-order valence-corrected chi connectivity index (χ4v) is 3.24. The Kier molecular flexibility index (Phi) is 5.27. The highest BCUT2D eigenvalue weighted by molar-refractivity contribution is 7.17. The van der Waals surface area contributed by atoms with Gasteiger partial charge in [-0.25, -0.2) is 5.43 Å². The number of anilines is 1. The van der Waals surface area contributed by atoms with Crippen LogP contribution in [0.4, 0.5) is 5.00 Å². The molecule has 1 aromatic carbocycles. The number of hydrogen-bond donors (Lipinski definition) is 1. The molecule has 23 heavy (non-hydrogen) atoms. The minimum atomic E-state index is -0.261. The average Bonchev–Trinajstić information content (AvgIpc) is 3.05. The van der Waals surface area contributed by atoms with Crippen LogP contribution in [0.1, 0.15) is 15.2 Å². The number of hydrogen-bond acceptors (Lipinski definition) is 5. The van der Waals surface area contributed by atoms with Crippen LogP contribution in [0.3, 0.4) is 0 Å². The SMILES string of the molecule is O=C(NN=Cc1ccc(N2CCOCC2)s1)c1ccc(Cl)cc1. The van der Waals surface area contributed by atoms with Crippen LogP contribution in [0.25, 0.3) is 0 Å². The fraction of sp³-hybridized carbons (Fsp3) is 0.250. The van der Waals surface area contributed by atoms with Gasteiger partial charge in [-0.05, 0) is 36.4 Å². The van der Waals surface area contributed by atoms with Crippen LogP contribution in [-0.4, -0.2) is 38.4 Å². The molecule has 1 saturated heterocycles. The van der Waals surface area contributed by atoms with Crippen molar-refractivity contribution in [3.63, 3.8) is 0 Å². The topological polar surface area (TPSA) is 53.9 Å². The van der Waals surface area contributed by atoms with Crippen LogP contribution in [0, 0.1) is 0 Å². The second-order valence-corrected chi connectivity index (χ2v) is 6.51. The average molecular weight is 350 g/mol. The standard InChI is InChI=1S/C16H16ClN3O2S/c17-13-3-1-12(2-4-13)16(21)19-18-11-14-5-6-15(23-14)20-7-9-22-10-8-20/h1-6,11H,7-10H2,(H,19,21). The molecule has 1 N–H and O–H groups in total. The van der Waals surface area contributed by atoms with Crippen molar-refractivity contribution in [2.24, 2.45) is 5.10 Å². The Bertz CT molecular complexity index is 694. The van der Waals surface area contributed by atoms with Gasteiger partial charge in [0.15, 0.2) is 0 Å². The van der Waals surface area contributed by atoms with Crippen LogP contribution < -0.4 is 10.3 Å². The van der Waals surface area contributed by atoms with Crippen molar-refractivity contribution in [3.05, 3.63) is 51.9 Å². The van der Waals surface area contributed by atoms with E-state index >= 15 is 0 Å². The van der Waals surface area contributed by atoms with E-state index in [9.17, 15) is 4.79 Å². The third-order valence-corrected chi connectivity index (χ3v) is 4.73. The molecule has 0 bridgehead atoms. The highest BCUT2D eigenvalue weighted by Crippen LogP contribution is 2.25. The summed E-state index contributed by atoms with van der Waals surface area (Å²) in [5.74, 6) is -0.261. The maximum Gasteiger partial charge on any atom is 0.271 e. The van der Waals surface area contributed by atoms with Gasteiger partial charge in [0.05, 0.1) is 24.4 Å². The summed E-state index contributed by atoms with van der Waals surface area (Å²) in [6, 6.07) is 10.7. The lowest BCUT2D eigenvalue weighted by atomic mass is 10.2. The summed E-state index contributed by atoms with van der Waals surface area (Å²) < 4.78 is 5.35. The number of nitrogens with zero attached hydrogens (tertiary/aromatic N) is 2. The minimum absolute atomic E-state index is 0.261. The number of rotatable bonds is 4. The first-order valence-corrected chi connectivity index (χ1v) is 8.43. The molecule has 0 atom stereocenters. The van der Waals surface area contributed by atoms with E-state index in [1.807, 2.05) is 6.07 Å². The number of hydrazone groups is 1. The zero-order chi connectivity index (χ0) is 16.1. The monoisotopic (exact) mass is 349 g/mol. The summed E-state index contributed by atoms with van der Waals surface area (Å²) in [4.78, 5) is 15.2. The quantitative estimate of drug-likeness (QED) is 0.682. The Labute approximate surface area is 143 Å². The van der Waals surface area contributed by atoms with E-state index < -0.39 is 0 Å². The molecular weight excluding hydrogens is 334 g/mol. The third kappa shape index (κ3) is 4.31. The van der Waals surface area contributed by atoms with Crippen molar-refractivity contribution < 1.29 is 9.53 Å². The smallest absolute Gasteiger partial charge is 0.271 e. The van der Waals surface area contributed by atoms with Gasteiger partial charge in [-0.3, -0.25) is 4.79 Å². The first-order valence-electron chi connectivity index (χ1n) is 7.24. The summed E-state index contributed by atoms with van der Waals surface area (Å²) in [7, 11) is 0. The van der Waals surface area contributed by atoms with Crippen LogP contribution >= 0.6 is 22.9 Å². The van der Waals surface area contributed by atoms with Crippen molar-refractivity contribution in [2.75, 3.05) is 31.2 Å².